The van der Waals surface area contributed by atoms with E-state index in [9.17, 15) is 0 Å². The lowest BCUT2D eigenvalue weighted by Crippen LogP contribution is -1.92. The molecule has 0 fully saturated rings. The average Bonchev–Trinajstić information content (AvgIpc) is 2.70. The number of rotatable bonds is 3. The Kier molecular flexibility index (Phi) is 4.36. The van der Waals surface area contributed by atoms with E-state index in [-0.39, 0.29) is 0 Å². The van der Waals surface area contributed by atoms with Crippen LogP contribution in [0.3, 0.4) is 0 Å². The number of anilines is 1. The fourth-order valence-corrected chi connectivity index (χ4v) is 2.50. The number of hydrazone groups is 1. The molecule has 0 aliphatic heterocycles. The highest BCUT2D eigenvalue weighted by atomic mass is 127. The Morgan fingerprint density at radius 2 is 2.35 bits per heavy atom. The van der Waals surface area contributed by atoms with Gasteiger partial charge in [0.25, 0.3) is 0 Å². The Labute approximate surface area is 122 Å². The lowest BCUT2D eigenvalue weighted by atomic mass is 10.2. The van der Waals surface area contributed by atoms with Gasteiger partial charge in [0.2, 0.25) is 5.13 Å². The van der Waals surface area contributed by atoms with Crippen LogP contribution in [0.25, 0.3) is 0 Å². The fourth-order valence-electron chi connectivity index (χ4n) is 1.18. The van der Waals surface area contributed by atoms with Gasteiger partial charge in [-0.25, -0.2) is 4.98 Å². The van der Waals surface area contributed by atoms with Gasteiger partial charge in [-0.2, -0.15) is 5.10 Å². The Hall–Kier alpha value is -0.660. The number of halogens is 2. The van der Waals surface area contributed by atoms with Gasteiger partial charge in [0, 0.05) is 14.5 Å². The van der Waals surface area contributed by atoms with E-state index in [4.69, 9.17) is 11.6 Å². The number of nitrogens with zero attached hydrogens (tertiary/aromatic N) is 2. The first-order valence-electron chi connectivity index (χ1n) is 4.82. The molecule has 2 rings (SSSR count). The van der Waals surface area contributed by atoms with Crippen LogP contribution in [0.2, 0.25) is 5.02 Å². The summed E-state index contributed by atoms with van der Waals surface area (Å²) in [5, 5.41) is 7.63. The predicted octanol–water partition coefficient (Wildman–Crippen LogP) is 4.16. The molecule has 1 N–H and O–H groups in total. The van der Waals surface area contributed by atoms with Crippen molar-refractivity contribution in [2.24, 2.45) is 5.10 Å². The molecule has 0 spiro atoms. The third-order valence-electron chi connectivity index (χ3n) is 1.96. The van der Waals surface area contributed by atoms with E-state index in [1.165, 1.54) is 11.3 Å². The summed E-state index contributed by atoms with van der Waals surface area (Å²) in [7, 11) is 0. The summed E-state index contributed by atoms with van der Waals surface area (Å²) >= 11 is 9.74. The highest BCUT2D eigenvalue weighted by Gasteiger charge is 2.00. The van der Waals surface area contributed by atoms with Crippen LogP contribution in [0, 0.1) is 10.5 Å². The summed E-state index contributed by atoms with van der Waals surface area (Å²) in [4.78, 5) is 4.25. The van der Waals surface area contributed by atoms with Crippen molar-refractivity contribution < 1.29 is 0 Å². The first-order chi connectivity index (χ1) is 8.16. The highest BCUT2D eigenvalue weighted by Crippen LogP contribution is 2.20. The number of hydrogen-bond donors (Lipinski definition) is 1. The van der Waals surface area contributed by atoms with Crippen molar-refractivity contribution in [2.75, 3.05) is 5.43 Å². The molecule has 0 saturated carbocycles. The average molecular weight is 378 g/mol. The molecular weight excluding hydrogens is 369 g/mol. The predicted molar refractivity (Wildman–Crippen MR) is 82.2 cm³/mol. The number of hydrogen-bond acceptors (Lipinski definition) is 4. The molecule has 2 aromatic rings. The van der Waals surface area contributed by atoms with Crippen LogP contribution in [0.15, 0.2) is 28.7 Å². The van der Waals surface area contributed by atoms with Gasteiger partial charge in [-0.1, -0.05) is 23.7 Å². The molecule has 0 bridgehead atoms. The van der Waals surface area contributed by atoms with Crippen molar-refractivity contribution in [2.45, 2.75) is 6.92 Å². The summed E-state index contributed by atoms with van der Waals surface area (Å²) in [6.45, 7) is 1.95. The zero-order valence-corrected chi connectivity index (χ0v) is 12.7. The molecule has 1 heterocycles. The topological polar surface area (TPSA) is 37.3 Å². The number of aromatic nitrogens is 1. The number of thiazole rings is 1. The van der Waals surface area contributed by atoms with Crippen molar-refractivity contribution in [3.8, 4) is 0 Å². The van der Waals surface area contributed by atoms with Crippen LogP contribution >= 0.6 is 45.5 Å². The normalized spacial score (nSPS) is 11.0. The minimum absolute atomic E-state index is 0.736. The van der Waals surface area contributed by atoms with Crippen LogP contribution in [-0.4, -0.2) is 11.2 Å². The standard InChI is InChI=1S/C11H9ClIN3S/c1-7-6-17-11(15-7)16-14-5-8-3-2-4-9(12)10(8)13/h2-6H,1H3,(H,15,16). The second-order valence-electron chi connectivity index (χ2n) is 3.31. The van der Waals surface area contributed by atoms with Gasteiger partial charge in [0.1, 0.15) is 0 Å². The number of benzene rings is 1. The molecule has 0 radical (unpaired) electrons. The van der Waals surface area contributed by atoms with Crippen molar-refractivity contribution in [1.82, 2.24) is 4.98 Å². The van der Waals surface area contributed by atoms with Crippen LogP contribution in [0.4, 0.5) is 5.13 Å². The molecule has 0 saturated heterocycles. The third kappa shape index (κ3) is 3.40. The largest absolute Gasteiger partial charge is 0.253 e. The van der Waals surface area contributed by atoms with E-state index in [1.54, 1.807) is 6.21 Å². The number of aryl methyl sites for hydroxylation is 1. The van der Waals surface area contributed by atoms with Gasteiger partial charge in [-0.3, -0.25) is 5.43 Å². The summed E-state index contributed by atoms with van der Waals surface area (Å²) in [5.41, 5.74) is 4.87. The van der Waals surface area contributed by atoms with E-state index in [1.807, 2.05) is 30.5 Å². The summed E-state index contributed by atoms with van der Waals surface area (Å²) in [6.07, 6.45) is 1.74. The molecule has 0 aliphatic rings. The van der Waals surface area contributed by atoms with E-state index >= 15 is 0 Å². The summed E-state index contributed by atoms with van der Waals surface area (Å²) in [6, 6.07) is 5.73. The molecule has 88 valence electrons. The molecule has 1 aromatic carbocycles. The van der Waals surface area contributed by atoms with Gasteiger partial charge >= 0.3 is 0 Å². The highest BCUT2D eigenvalue weighted by molar-refractivity contribution is 14.1. The van der Waals surface area contributed by atoms with E-state index in [2.05, 4.69) is 38.1 Å². The first kappa shape index (κ1) is 12.8. The summed E-state index contributed by atoms with van der Waals surface area (Å²) < 4.78 is 0.993. The van der Waals surface area contributed by atoms with Crippen molar-refractivity contribution in [3.05, 3.63) is 43.4 Å². The molecule has 6 heteroatoms. The lowest BCUT2D eigenvalue weighted by molar-refractivity contribution is 1.22. The van der Waals surface area contributed by atoms with E-state index in [0.29, 0.717) is 0 Å². The smallest absolute Gasteiger partial charge is 0.203 e. The van der Waals surface area contributed by atoms with Crippen molar-refractivity contribution in [1.29, 1.82) is 0 Å². The molecule has 0 aliphatic carbocycles. The van der Waals surface area contributed by atoms with Crippen LogP contribution in [-0.2, 0) is 0 Å². The first-order valence-corrected chi connectivity index (χ1v) is 7.15. The van der Waals surface area contributed by atoms with Gasteiger partial charge in [-0.05, 0) is 35.6 Å². The Balaban J connectivity index is 2.08. The molecule has 0 unspecified atom stereocenters. The van der Waals surface area contributed by atoms with E-state index in [0.717, 1.165) is 25.0 Å². The third-order valence-corrected chi connectivity index (χ3v) is 4.67. The molecule has 0 atom stereocenters. The van der Waals surface area contributed by atoms with Gasteiger partial charge in [-0.15, -0.1) is 11.3 Å². The quantitative estimate of drug-likeness (QED) is 0.495. The monoisotopic (exact) mass is 377 g/mol. The Morgan fingerprint density at radius 1 is 1.53 bits per heavy atom. The SMILES string of the molecule is Cc1csc(NN=Cc2cccc(Cl)c2I)n1. The maximum atomic E-state index is 6.01. The summed E-state index contributed by atoms with van der Waals surface area (Å²) in [5.74, 6) is 0. The molecule has 1 aromatic heterocycles. The maximum Gasteiger partial charge on any atom is 0.203 e. The van der Waals surface area contributed by atoms with Gasteiger partial charge < -0.3 is 0 Å². The second kappa shape index (κ2) is 5.79. The van der Waals surface area contributed by atoms with Crippen LogP contribution in [0.1, 0.15) is 11.3 Å². The zero-order valence-electron chi connectivity index (χ0n) is 8.95. The zero-order chi connectivity index (χ0) is 12.3. The minimum Gasteiger partial charge on any atom is -0.253 e. The Morgan fingerprint density at radius 3 is 3.06 bits per heavy atom. The molecule has 3 nitrogen and oxygen atoms in total. The fraction of sp³-hybridized carbons (Fsp3) is 0.0909. The van der Waals surface area contributed by atoms with Crippen LogP contribution < -0.4 is 5.43 Å². The minimum atomic E-state index is 0.736. The number of nitrogens with one attached hydrogen (secondary N) is 1. The molecular formula is C11H9ClIN3S. The molecule has 17 heavy (non-hydrogen) atoms. The van der Waals surface area contributed by atoms with Crippen molar-refractivity contribution in [3.63, 3.8) is 0 Å². The van der Waals surface area contributed by atoms with Gasteiger partial charge in [0.15, 0.2) is 0 Å². The second-order valence-corrected chi connectivity index (χ2v) is 5.65. The molecule has 0 amide bonds. The van der Waals surface area contributed by atoms with Crippen molar-refractivity contribution >= 4 is 56.9 Å². The maximum absolute atomic E-state index is 6.01. The lowest BCUT2D eigenvalue weighted by Gasteiger charge is -1.99. The van der Waals surface area contributed by atoms with E-state index < -0.39 is 0 Å². The van der Waals surface area contributed by atoms with Crippen LogP contribution in [0.5, 0.6) is 0 Å². The van der Waals surface area contributed by atoms with Gasteiger partial charge in [0.05, 0.1) is 16.9 Å². The Bertz CT molecular complexity index is 553.